The number of benzene rings is 1. The fourth-order valence-corrected chi connectivity index (χ4v) is 2.53. The van der Waals surface area contributed by atoms with Crippen LogP contribution in [0.3, 0.4) is 0 Å². The summed E-state index contributed by atoms with van der Waals surface area (Å²) in [6.07, 6.45) is 2.89. The summed E-state index contributed by atoms with van der Waals surface area (Å²) in [6.45, 7) is 4.09. The third-order valence-electron chi connectivity index (χ3n) is 3.49. The highest BCUT2D eigenvalue weighted by molar-refractivity contribution is 6.31. The van der Waals surface area contributed by atoms with E-state index >= 15 is 0 Å². The van der Waals surface area contributed by atoms with Crippen molar-refractivity contribution in [1.29, 1.82) is 0 Å². The molecule has 2 heterocycles. The second-order valence-electron chi connectivity index (χ2n) is 5.58. The first-order valence-corrected chi connectivity index (χ1v) is 8.13. The van der Waals surface area contributed by atoms with Crippen LogP contribution in [0.15, 0.2) is 53.0 Å². The summed E-state index contributed by atoms with van der Waals surface area (Å²) >= 11 is 6.19. The summed E-state index contributed by atoms with van der Waals surface area (Å²) in [7, 11) is 0. The Balaban J connectivity index is 1.73. The maximum atomic E-state index is 12.1. The molecule has 3 rings (SSSR count). The minimum absolute atomic E-state index is 0.364. The molecule has 2 aromatic heterocycles. The van der Waals surface area contributed by atoms with Gasteiger partial charge in [0.2, 0.25) is 5.88 Å². The lowest BCUT2D eigenvalue weighted by atomic mass is 10.2. The van der Waals surface area contributed by atoms with E-state index in [2.05, 4.69) is 5.10 Å². The predicted octanol–water partition coefficient (Wildman–Crippen LogP) is 4.41. The summed E-state index contributed by atoms with van der Waals surface area (Å²) in [5, 5.41) is 5.00. The normalized spacial score (nSPS) is 11.2. The van der Waals surface area contributed by atoms with Crippen molar-refractivity contribution in [2.24, 2.45) is 0 Å². The monoisotopic (exact) mass is 356 g/mol. The van der Waals surface area contributed by atoms with E-state index in [0.717, 1.165) is 17.0 Å². The second-order valence-corrected chi connectivity index (χ2v) is 5.98. The molecule has 0 saturated heterocycles. The maximum absolute atomic E-state index is 12.1. The Morgan fingerprint density at radius 3 is 2.80 bits per heavy atom. The summed E-state index contributed by atoms with van der Waals surface area (Å²) in [4.78, 5) is 12.1. The quantitative estimate of drug-likeness (QED) is 0.501. The zero-order chi connectivity index (χ0) is 17.8. The lowest BCUT2D eigenvalue weighted by molar-refractivity contribution is -0.129. The fourth-order valence-electron chi connectivity index (χ4n) is 2.34. The van der Waals surface area contributed by atoms with Gasteiger partial charge in [0.05, 0.1) is 12.2 Å². The molecular weight excluding hydrogens is 340 g/mol. The van der Waals surface area contributed by atoms with Crippen LogP contribution in [0.25, 0.3) is 6.08 Å². The SMILES string of the molecule is Cc1cc(OC(=O)/C=C/c2ccc(C)o2)n(Cc2ccccc2Cl)n1. The Morgan fingerprint density at radius 1 is 1.28 bits per heavy atom. The third-order valence-corrected chi connectivity index (χ3v) is 3.86. The number of hydrogen-bond donors (Lipinski definition) is 0. The van der Waals surface area contributed by atoms with Crippen molar-refractivity contribution in [3.8, 4) is 5.88 Å². The first-order chi connectivity index (χ1) is 12.0. The number of nitrogens with zero attached hydrogens (tertiary/aromatic N) is 2. The molecule has 3 aromatic rings. The van der Waals surface area contributed by atoms with Gasteiger partial charge >= 0.3 is 5.97 Å². The van der Waals surface area contributed by atoms with Crippen LogP contribution >= 0.6 is 11.6 Å². The number of furan rings is 1. The summed E-state index contributed by atoms with van der Waals surface area (Å²) in [6, 6.07) is 12.8. The molecular formula is C19H17ClN2O3. The molecule has 5 nitrogen and oxygen atoms in total. The van der Waals surface area contributed by atoms with Crippen LogP contribution in [0, 0.1) is 13.8 Å². The van der Waals surface area contributed by atoms with Gasteiger partial charge in [0.25, 0.3) is 0 Å². The van der Waals surface area contributed by atoms with E-state index in [4.69, 9.17) is 20.8 Å². The molecule has 0 aliphatic rings. The van der Waals surface area contributed by atoms with Gasteiger partial charge in [-0.2, -0.15) is 5.10 Å². The number of hydrogen-bond acceptors (Lipinski definition) is 4. The number of rotatable bonds is 5. The molecule has 0 radical (unpaired) electrons. The van der Waals surface area contributed by atoms with Crippen molar-refractivity contribution < 1.29 is 13.9 Å². The molecule has 1 aromatic carbocycles. The first-order valence-electron chi connectivity index (χ1n) is 7.75. The van der Waals surface area contributed by atoms with Crippen LogP contribution < -0.4 is 4.74 Å². The molecule has 0 unspecified atom stereocenters. The molecule has 0 atom stereocenters. The van der Waals surface area contributed by atoms with Crippen LogP contribution in [0.5, 0.6) is 5.88 Å². The molecule has 128 valence electrons. The summed E-state index contributed by atoms with van der Waals surface area (Å²) < 4.78 is 12.4. The number of halogens is 1. The van der Waals surface area contributed by atoms with Crippen LogP contribution in [0.4, 0.5) is 0 Å². The van der Waals surface area contributed by atoms with Gasteiger partial charge in [-0.1, -0.05) is 29.8 Å². The number of esters is 1. The zero-order valence-corrected chi connectivity index (χ0v) is 14.7. The zero-order valence-electron chi connectivity index (χ0n) is 13.9. The van der Waals surface area contributed by atoms with Crippen LogP contribution in [-0.4, -0.2) is 15.7 Å². The van der Waals surface area contributed by atoms with E-state index in [1.165, 1.54) is 6.08 Å². The molecule has 6 heteroatoms. The van der Waals surface area contributed by atoms with E-state index in [9.17, 15) is 4.79 Å². The van der Waals surface area contributed by atoms with Crippen molar-refractivity contribution >= 4 is 23.6 Å². The Bertz CT molecular complexity index is 924. The number of aryl methyl sites for hydroxylation is 2. The van der Waals surface area contributed by atoms with Gasteiger partial charge in [0.1, 0.15) is 11.5 Å². The Morgan fingerprint density at radius 2 is 2.08 bits per heavy atom. The molecule has 0 fully saturated rings. The highest BCUT2D eigenvalue weighted by Gasteiger charge is 2.12. The van der Waals surface area contributed by atoms with E-state index in [1.807, 2.05) is 44.2 Å². The van der Waals surface area contributed by atoms with Gasteiger partial charge in [-0.25, -0.2) is 9.48 Å². The highest BCUT2D eigenvalue weighted by Crippen LogP contribution is 2.20. The Kier molecular flexibility index (Phi) is 5.05. The molecule has 0 spiro atoms. The van der Waals surface area contributed by atoms with Crippen molar-refractivity contribution in [3.63, 3.8) is 0 Å². The minimum Gasteiger partial charge on any atom is -0.462 e. The topological polar surface area (TPSA) is 57.3 Å². The summed E-state index contributed by atoms with van der Waals surface area (Å²) in [5.74, 6) is 1.23. The molecule has 0 N–H and O–H groups in total. The van der Waals surface area contributed by atoms with Gasteiger partial charge in [0.15, 0.2) is 0 Å². The van der Waals surface area contributed by atoms with Crippen molar-refractivity contribution in [2.75, 3.05) is 0 Å². The lowest BCUT2D eigenvalue weighted by Gasteiger charge is -2.08. The van der Waals surface area contributed by atoms with Gasteiger partial charge in [-0.15, -0.1) is 0 Å². The van der Waals surface area contributed by atoms with Gasteiger partial charge in [-0.3, -0.25) is 0 Å². The van der Waals surface area contributed by atoms with E-state index in [-0.39, 0.29) is 0 Å². The van der Waals surface area contributed by atoms with Crippen molar-refractivity contribution in [3.05, 3.63) is 76.3 Å². The maximum Gasteiger partial charge on any atom is 0.337 e. The molecule has 0 bridgehead atoms. The predicted molar refractivity (Wildman–Crippen MR) is 95.6 cm³/mol. The molecule has 0 aliphatic carbocycles. The smallest absolute Gasteiger partial charge is 0.337 e. The highest BCUT2D eigenvalue weighted by atomic mass is 35.5. The number of aromatic nitrogens is 2. The fraction of sp³-hybridized carbons (Fsp3) is 0.158. The Labute approximate surface area is 150 Å². The summed E-state index contributed by atoms with van der Waals surface area (Å²) in [5.41, 5.74) is 1.65. The van der Waals surface area contributed by atoms with Crippen molar-refractivity contribution in [2.45, 2.75) is 20.4 Å². The van der Waals surface area contributed by atoms with Crippen LogP contribution in [0.1, 0.15) is 22.8 Å². The van der Waals surface area contributed by atoms with Gasteiger partial charge < -0.3 is 9.15 Å². The average molecular weight is 357 g/mol. The molecule has 0 aliphatic heterocycles. The standard InChI is InChI=1S/C19H17ClN2O3/c1-13-11-18(22(21-13)12-15-5-3-4-6-17(15)20)25-19(23)10-9-16-8-7-14(2)24-16/h3-11H,12H2,1-2H3/b10-9+. The Hall–Kier alpha value is -2.79. The minimum atomic E-state index is -0.505. The van der Waals surface area contributed by atoms with Gasteiger partial charge in [-0.05, 0) is 43.7 Å². The van der Waals surface area contributed by atoms with Crippen LogP contribution in [-0.2, 0) is 11.3 Å². The molecule has 0 saturated carbocycles. The van der Waals surface area contributed by atoms with Crippen LogP contribution in [0.2, 0.25) is 5.02 Å². The van der Waals surface area contributed by atoms with Gasteiger partial charge in [0, 0.05) is 17.2 Å². The van der Waals surface area contributed by atoms with E-state index in [0.29, 0.717) is 23.2 Å². The molecule has 25 heavy (non-hydrogen) atoms. The first kappa shape index (κ1) is 17.0. The third kappa shape index (κ3) is 4.39. The molecule has 0 amide bonds. The lowest BCUT2D eigenvalue weighted by Crippen LogP contribution is -2.10. The second kappa shape index (κ2) is 7.40. The van der Waals surface area contributed by atoms with E-state index in [1.54, 1.807) is 22.9 Å². The number of carbonyl (C=O) groups is 1. The number of ether oxygens (including phenoxy) is 1. The largest absolute Gasteiger partial charge is 0.462 e. The van der Waals surface area contributed by atoms with Crippen molar-refractivity contribution in [1.82, 2.24) is 9.78 Å². The van der Waals surface area contributed by atoms with E-state index < -0.39 is 5.97 Å². The average Bonchev–Trinajstić information content (AvgIpc) is 3.13. The number of carbonyl (C=O) groups excluding carboxylic acids is 1.